The maximum atomic E-state index is 5.94. The summed E-state index contributed by atoms with van der Waals surface area (Å²) in [6.07, 6.45) is 3.74. The minimum Gasteiger partial charge on any atom is -0.351 e. The van der Waals surface area contributed by atoms with Crippen molar-refractivity contribution in [2.24, 2.45) is 0 Å². The van der Waals surface area contributed by atoms with Gasteiger partial charge in [-0.15, -0.1) is 11.6 Å². The monoisotopic (exact) mass is 252 g/mol. The summed E-state index contributed by atoms with van der Waals surface area (Å²) in [7, 11) is 0. The van der Waals surface area contributed by atoms with Crippen molar-refractivity contribution in [2.45, 2.75) is 58.0 Å². The van der Waals surface area contributed by atoms with Crippen LogP contribution in [-0.4, -0.2) is 17.1 Å². The molecule has 1 aliphatic rings. The second-order valence-electron chi connectivity index (χ2n) is 5.00. The van der Waals surface area contributed by atoms with Gasteiger partial charge >= 0.3 is 0 Å². The number of pyridine rings is 1. The van der Waals surface area contributed by atoms with Crippen molar-refractivity contribution in [3.05, 3.63) is 23.4 Å². The van der Waals surface area contributed by atoms with Crippen molar-refractivity contribution in [1.29, 1.82) is 0 Å². The van der Waals surface area contributed by atoms with Crippen LogP contribution in [0.3, 0.4) is 0 Å². The van der Waals surface area contributed by atoms with Crippen LogP contribution in [0.1, 0.15) is 44.4 Å². The lowest BCUT2D eigenvalue weighted by Crippen LogP contribution is -2.34. The zero-order chi connectivity index (χ0) is 12.4. The molecule has 1 aromatic rings. The SMILES string of the molecule is CCC1CCC(C)N1c1cc(CCl)cc(C)n1. The Morgan fingerprint density at radius 1 is 1.41 bits per heavy atom. The van der Waals surface area contributed by atoms with Crippen LogP contribution in [-0.2, 0) is 5.88 Å². The molecule has 3 heteroatoms. The first-order chi connectivity index (χ1) is 8.15. The Bertz CT molecular complexity index is 392. The molecule has 0 saturated carbocycles. The fraction of sp³-hybridized carbons (Fsp3) is 0.643. The quantitative estimate of drug-likeness (QED) is 0.759. The first-order valence-corrected chi connectivity index (χ1v) is 7.01. The molecule has 2 rings (SSSR count). The highest BCUT2D eigenvalue weighted by molar-refractivity contribution is 6.17. The Morgan fingerprint density at radius 2 is 2.18 bits per heavy atom. The van der Waals surface area contributed by atoms with Gasteiger partial charge in [-0.1, -0.05) is 6.92 Å². The van der Waals surface area contributed by atoms with Crippen molar-refractivity contribution >= 4 is 17.4 Å². The molecule has 0 spiro atoms. The van der Waals surface area contributed by atoms with Gasteiger partial charge in [0.1, 0.15) is 5.82 Å². The topological polar surface area (TPSA) is 16.1 Å². The lowest BCUT2D eigenvalue weighted by Gasteiger charge is -2.29. The largest absolute Gasteiger partial charge is 0.351 e. The van der Waals surface area contributed by atoms with Crippen molar-refractivity contribution in [3.8, 4) is 0 Å². The van der Waals surface area contributed by atoms with E-state index in [2.05, 4.69) is 35.9 Å². The average Bonchev–Trinajstić information content (AvgIpc) is 2.69. The Labute approximate surface area is 109 Å². The van der Waals surface area contributed by atoms with Gasteiger partial charge in [-0.2, -0.15) is 0 Å². The first-order valence-electron chi connectivity index (χ1n) is 6.47. The molecule has 0 aliphatic carbocycles. The lowest BCUT2D eigenvalue weighted by atomic mass is 10.1. The second-order valence-corrected chi connectivity index (χ2v) is 5.27. The van der Waals surface area contributed by atoms with E-state index in [1.165, 1.54) is 24.8 Å². The fourth-order valence-corrected chi connectivity index (χ4v) is 2.97. The summed E-state index contributed by atoms with van der Waals surface area (Å²) in [6, 6.07) is 5.45. The van der Waals surface area contributed by atoms with E-state index >= 15 is 0 Å². The number of hydrogen-bond donors (Lipinski definition) is 0. The van der Waals surface area contributed by atoms with Gasteiger partial charge in [0.05, 0.1) is 0 Å². The van der Waals surface area contributed by atoms with Crippen molar-refractivity contribution in [2.75, 3.05) is 4.90 Å². The molecule has 2 nitrogen and oxygen atoms in total. The molecule has 0 radical (unpaired) electrons. The fourth-order valence-electron chi connectivity index (χ4n) is 2.82. The predicted molar refractivity (Wildman–Crippen MR) is 73.8 cm³/mol. The molecule has 1 saturated heterocycles. The van der Waals surface area contributed by atoms with E-state index in [1.807, 2.05) is 6.92 Å². The Hall–Kier alpha value is -0.760. The van der Waals surface area contributed by atoms with Gasteiger partial charge in [-0.3, -0.25) is 0 Å². The number of nitrogens with zero attached hydrogens (tertiary/aromatic N) is 2. The minimum absolute atomic E-state index is 0.565. The molecule has 0 amide bonds. The molecule has 1 fully saturated rings. The Kier molecular flexibility index (Phi) is 3.93. The molecule has 1 aromatic heterocycles. The molecule has 2 heterocycles. The second kappa shape index (κ2) is 5.26. The third kappa shape index (κ3) is 2.57. The van der Waals surface area contributed by atoms with Gasteiger partial charge in [-0.05, 0) is 50.8 Å². The zero-order valence-electron chi connectivity index (χ0n) is 10.9. The third-order valence-electron chi connectivity index (χ3n) is 3.68. The predicted octanol–water partition coefficient (Wildman–Crippen LogP) is 3.90. The van der Waals surface area contributed by atoms with E-state index in [0.717, 1.165) is 11.5 Å². The van der Waals surface area contributed by atoms with Crippen LogP contribution in [0.4, 0.5) is 5.82 Å². The van der Waals surface area contributed by atoms with Crippen molar-refractivity contribution in [3.63, 3.8) is 0 Å². The van der Waals surface area contributed by atoms with E-state index < -0.39 is 0 Å². The summed E-state index contributed by atoms with van der Waals surface area (Å²) in [5, 5.41) is 0. The van der Waals surface area contributed by atoms with Gasteiger partial charge < -0.3 is 4.90 Å². The molecule has 94 valence electrons. The lowest BCUT2D eigenvalue weighted by molar-refractivity contribution is 0.620. The molecule has 0 aromatic carbocycles. The van der Waals surface area contributed by atoms with E-state index in [0.29, 0.717) is 18.0 Å². The van der Waals surface area contributed by atoms with Crippen LogP contribution in [0.15, 0.2) is 12.1 Å². The summed E-state index contributed by atoms with van der Waals surface area (Å²) >= 11 is 5.94. The number of aromatic nitrogens is 1. The zero-order valence-corrected chi connectivity index (χ0v) is 11.7. The summed E-state index contributed by atoms with van der Waals surface area (Å²) in [6.45, 7) is 6.59. The van der Waals surface area contributed by atoms with E-state index in [9.17, 15) is 0 Å². The van der Waals surface area contributed by atoms with Crippen LogP contribution >= 0.6 is 11.6 Å². The normalized spacial score (nSPS) is 24.4. The minimum atomic E-state index is 0.565. The molecular formula is C14H21ClN2. The molecular weight excluding hydrogens is 232 g/mol. The van der Waals surface area contributed by atoms with Crippen molar-refractivity contribution < 1.29 is 0 Å². The third-order valence-corrected chi connectivity index (χ3v) is 3.98. The molecule has 2 unspecified atom stereocenters. The highest BCUT2D eigenvalue weighted by atomic mass is 35.5. The van der Waals surface area contributed by atoms with Gasteiger partial charge in [0, 0.05) is 23.7 Å². The molecule has 2 atom stereocenters. The number of halogens is 1. The summed E-state index contributed by atoms with van der Waals surface area (Å²) in [5.41, 5.74) is 2.23. The van der Waals surface area contributed by atoms with Gasteiger partial charge in [0.2, 0.25) is 0 Å². The highest BCUT2D eigenvalue weighted by Gasteiger charge is 2.30. The van der Waals surface area contributed by atoms with Gasteiger partial charge in [0.25, 0.3) is 0 Å². The average molecular weight is 253 g/mol. The standard InChI is InChI=1S/C14H21ClN2/c1-4-13-6-5-11(3)17(13)14-8-12(9-15)7-10(2)16-14/h7-8,11,13H,4-6,9H2,1-3H3. The molecule has 17 heavy (non-hydrogen) atoms. The maximum Gasteiger partial charge on any atom is 0.129 e. The highest BCUT2D eigenvalue weighted by Crippen LogP contribution is 2.31. The molecule has 0 bridgehead atoms. The number of hydrogen-bond acceptors (Lipinski definition) is 2. The number of aryl methyl sites for hydroxylation is 1. The smallest absolute Gasteiger partial charge is 0.129 e. The van der Waals surface area contributed by atoms with Gasteiger partial charge in [0.15, 0.2) is 0 Å². The Balaban J connectivity index is 2.34. The first kappa shape index (κ1) is 12.7. The van der Waals surface area contributed by atoms with Crippen LogP contribution in [0, 0.1) is 6.92 Å². The molecule has 1 aliphatic heterocycles. The Morgan fingerprint density at radius 3 is 2.82 bits per heavy atom. The number of rotatable bonds is 3. The van der Waals surface area contributed by atoms with E-state index in [4.69, 9.17) is 11.6 Å². The van der Waals surface area contributed by atoms with Crippen LogP contribution in [0.5, 0.6) is 0 Å². The van der Waals surface area contributed by atoms with Crippen LogP contribution in [0.2, 0.25) is 0 Å². The van der Waals surface area contributed by atoms with Crippen LogP contribution < -0.4 is 4.90 Å². The van der Waals surface area contributed by atoms with Crippen molar-refractivity contribution in [1.82, 2.24) is 4.98 Å². The van der Waals surface area contributed by atoms with Crippen LogP contribution in [0.25, 0.3) is 0 Å². The van der Waals surface area contributed by atoms with Gasteiger partial charge in [-0.25, -0.2) is 4.98 Å². The summed E-state index contributed by atoms with van der Waals surface area (Å²) in [5.74, 6) is 1.67. The van der Waals surface area contributed by atoms with E-state index in [-0.39, 0.29) is 0 Å². The number of alkyl halides is 1. The summed E-state index contributed by atoms with van der Waals surface area (Å²) < 4.78 is 0. The molecule has 0 N–H and O–H groups in total. The summed E-state index contributed by atoms with van der Waals surface area (Å²) in [4.78, 5) is 7.15. The number of anilines is 1. The maximum absolute atomic E-state index is 5.94. The van der Waals surface area contributed by atoms with E-state index in [1.54, 1.807) is 0 Å².